The molecule has 132 valence electrons. The second-order valence-electron chi connectivity index (χ2n) is 6.06. The number of hydrogen-bond donors (Lipinski definition) is 1. The summed E-state index contributed by atoms with van der Waals surface area (Å²) in [5.74, 6) is 0. The highest BCUT2D eigenvalue weighted by Gasteiger charge is 2.12. The van der Waals surface area contributed by atoms with Gasteiger partial charge in [-0.05, 0) is 44.0 Å². The van der Waals surface area contributed by atoms with Gasteiger partial charge in [-0.25, -0.2) is 4.68 Å². The molecule has 0 aliphatic heterocycles. The number of aromatic nitrogens is 2. The van der Waals surface area contributed by atoms with Gasteiger partial charge in [0.1, 0.15) is 0 Å². The molecule has 0 fully saturated rings. The van der Waals surface area contributed by atoms with Crippen molar-refractivity contribution in [2.45, 2.75) is 20.8 Å². The van der Waals surface area contributed by atoms with Crippen molar-refractivity contribution in [3.8, 4) is 5.69 Å². The van der Waals surface area contributed by atoms with Crippen LogP contribution < -0.4 is 5.56 Å². The normalized spacial score (nSPS) is 11.2. The number of nitro benzene ring substituents is 1. The Bertz CT molecular complexity index is 1080. The second-order valence-corrected chi connectivity index (χ2v) is 6.06. The van der Waals surface area contributed by atoms with E-state index in [-0.39, 0.29) is 11.2 Å². The predicted molar refractivity (Wildman–Crippen MR) is 101 cm³/mol. The third-order valence-corrected chi connectivity index (χ3v) is 4.20. The first-order valence-electron chi connectivity index (χ1n) is 8.05. The zero-order valence-corrected chi connectivity index (χ0v) is 14.7. The van der Waals surface area contributed by atoms with Crippen molar-refractivity contribution in [2.75, 3.05) is 0 Å². The van der Waals surface area contributed by atoms with E-state index in [4.69, 9.17) is 0 Å². The van der Waals surface area contributed by atoms with Gasteiger partial charge in [0, 0.05) is 24.0 Å². The molecular formula is C19H18N4O3. The molecule has 0 aliphatic rings. The number of benzene rings is 2. The summed E-state index contributed by atoms with van der Waals surface area (Å²) in [6.07, 6.45) is 1.50. The molecule has 0 atom stereocenters. The van der Waals surface area contributed by atoms with Crippen LogP contribution in [0.15, 0.2) is 52.3 Å². The van der Waals surface area contributed by atoms with Crippen molar-refractivity contribution in [1.82, 2.24) is 9.78 Å². The number of aromatic amines is 1. The molecule has 7 nitrogen and oxygen atoms in total. The Morgan fingerprint density at radius 3 is 2.50 bits per heavy atom. The van der Waals surface area contributed by atoms with Crippen molar-refractivity contribution < 1.29 is 4.92 Å². The van der Waals surface area contributed by atoms with Crippen LogP contribution >= 0.6 is 0 Å². The minimum absolute atomic E-state index is 0.0150. The Balaban J connectivity index is 1.99. The first-order valence-corrected chi connectivity index (χ1v) is 8.05. The van der Waals surface area contributed by atoms with Gasteiger partial charge in [0.05, 0.1) is 21.9 Å². The van der Waals surface area contributed by atoms with Gasteiger partial charge in [-0.3, -0.25) is 25.0 Å². The van der Waals surface area contributed by atoms with E-state index >= 15 is 0 Å². The van der Waals surface area contributed by atoms with Crippen molar-refractivity contribution in [3.05, 3.63) is 85.3 Å². The summed E-state index contributed by atoms with van der Waals surface area (Å²) in [6.45, 7) is 5.49. The molecule has 0 amide bonds. The molecule has 0 saturated carbocycles. The maximum Gasteiger partial charge on any atom is 0.280 e. The smallest absolute Gasteiger partial charge is 0.280 e. The molecule has 3 rings (SSSR count). The van der Waals surface area contributed by atoms with Crippen molar-refractivity contribution in [1.29, 1.82) is 0 Å². The highest BCUT2D eigenvalue weighted by atomic mass is 16.6. The minimum Gasteiger partial charge on any atom is -0.295 e. The Morgan fingerprint density at radius 2 is 1.85 bits per heavy atom. The number of aliphatic imine (C=N–C) groups is 1. The second kappa shape index (κ2) is 6.79. The summed E-state index contributed by atoms with van der Waals surface area (Å²) in [7, 11) is 0. The van der Waals surface area contributed by atoms with E-state index in [2.05, 4.69) is 10.1 Å². The van der Waals surface area contributed by atoms with Gasteiger partial charge in [-0.2, -0.15) is 0 Å². The zero-order valence-electron chi connectivity index (χ0n) is 14.7. The fourth-order valence-corrected chi connectivity index (χ4v) is 2.73. The summed E-state index contributed by atoms with van der Waals surface area (Å²) in [4.78, 5) is 27.5. The SMILES string of the molecule is Cc1cc([N+](=O)[O-])ccc1N=Cc1c(C)[nH]n(-c2ccccc2C)c1=O. The fourth-order valence-electron chi connectivity index (χ4n) is 2.73. The lowest BCUT2D eigenvalue weighted by Crippen LogP contribution is -2.18. The molecule has 0 spiro atoms. The molecule has 1 N–H and O–H groups in total. The monoisotopic (exact) mass is 350 g/mol. The maximum atomic E-state index is 12.7. The fraction of sp³-hybridized carbons (Fsp3) is 0.158. The van der Waals surface area contributed by atoms with E-state index in [1.54, 1.807) is 19.9 Å². The van der Waals surface area contributed by atoms with Crippen LogP contribution in [0, 0.1) is 30.9 Å². The average molecular weight is 350 g/mol. The summed E-state index contributed by atoms with van der Waals surface area (Å²) in [5, 5.41) is 13.9. The molecule has 7 heteroatoms. The van der Waals surface area contributed by atoms with Gasteiger partial charge < -0.3 is 0 Å². The summed E-state index contributed by atoms with van der Waals surface area (Å²) in [6, 6.07) is 12.0. The van der Waals surface area contributed by atoms with E-state index in [9.17, 15) is 14.9 Å². The van der Waals surface area contributed by atoms with Crippen molar-refractivity contribution in [2.24, 2.45) is 4.99 Å². The van der Waals surface area contributed by atoms with E-state index in [0.29, 0.717) is 22.5 Å². The number of nitrogens with one attached hydrogen (secondary N) is 1. The largest absolute Gasteiger partial charge is 0.295 e. The summed E-state index contributed by atoms with van der Waals surface area (Å²) in [5.41, 5.74) is 3.98. The third-order valence-electron chi connectivity index (χ3n) is 4.20. The highest BCUT2D eigenvalue weighted by Crippen LogP contribution is 2.23. The Labute approximate surface area is 149 Å². The van der Waals surface area contributed by atoms with Gasteiger partial charge in [-0.1, -0.05) is 18.2 Å². The molecule has 0 radical (unpaired) electrons. The number of rotatable bonds is 4. The quantitative estimate of drug-likeness (QED) is 0.441. The lowest BCUT2D eigenvalue weighted by Gasteiger charge is -2.04. The molecule has 2 aromatic carbocycles. The van der Waals surface area contributed by atoms with Crippen molar-refractivity contribution in [3.63, 3.8) is 0 Å². The number of nitro groups is 1. The lowest BCUT2D eigenvalue weighted by atomic mass is 10.2. The van der Waals surface area contributed by atoms with Gasteiger partial charge in [0.2, 0.25) is 0 Å². The van der Waals surface area contributed by atoms with Crippen LogP contribution in [0.4, 0.5) is 11.4 Å². The average Bonchev–Trinajstić information content (AvgIpc) is 2.88. The van der Waals surface area contributed by atoms with E-state index in [0.717, 1.165) is 11.3 Å². The van der Waals surface area contributed by atoms with Gasteiger partial charge in [0.15, 0.2) is 0 Å². The highest BCUT2D eigenvalue weighted by molar-refractivity contribution is 5.83. The van der Waals surface area contributed by atoms with Crippen LogP contribution in [0.3, 0.4) is 0 Å². The predicted octanol–water partition coefficient (Wildman–Crippen LogP) is 3.75. The summed E-state index contributed by atoms with van der Waals surface area (Å²) < 4.78 is 1.49. The van der Waals surface area contributed by atoms with E-state index in [1.165, 1.54) is 23.0 Å². The molecular weight excluding hydrogens is 332 g/mol. The molecule has 0 aliphatic carbocycles. The Morgan fingerprint density at radius 1 is 1.12 bits per heavy atom. The number of H-pyrrole nitrogens is 1. The van der Waals surface area contributed by atoms with E-state index in [1.807, 2.05) is 31.2 Å². The van der Waals surface area contributed by atoms with Crippen LogP contribution in [-0.2, 0) is 0 Å². The molecule has 1 aromatic heterocycles. The van der Waals surface area contributed by atoms with Gasteiger partial charge in [0.25, 0.3) is 11.2 Å². The number of nitrogens with zero attached hydrogens (tertiary/aromatic N) is 3. The first kappa shape index (κ1) is 17.3. The standard InChI is InChI=1S/C19H18N4O3/c1-12-6-4-5-7-18(12)22-19(24)16(14(3)21-22)11-20-17-9-8-15(23(25)26)10-13(17)2/h4-11,21H,1-3H3. The number of hydrogen-bond acceptors (Lipinski definition) is 4. The van der Waals surface area contributed by atoms with Crippen LogP contribution in [0.2, 0.25) is 0 Å². The molecule has 3 aromatic rings. The molecule has 1 heterocycles. The lowest BCUT2D eigenvalue weighted by molar-refractivity contribution is -0.384. The van der Waals surface area contributed by atoms with Crippen LogP contribution in [0.5, 0.6) is 0 Å². The van der Waals surface area contributed by atoms with E-state index < -0.39 is 4.92 Å². The number of aryl methyl sites for hydroxylation is 3. The van der Waals surface area contributed by atoms with Crippen LogP contribution in [-0.4, -0.2) is 20.9 Å². The van der Waals surface area contributed by atoms with Crippen molar-refractivity contribution >= 4 is 17.6 Å². The van der Waals surface area contributed by atoms with Gasteiger partial charge >= 0.3 is 0 Å². The van der Waals surface area contributed by atoms with Gasteiger partial charge in [-0.15, -0.1) is 0 Å². The maximum absolute atomic E-state index is 12.7. The zero-order chi connectivity index (χ0) is 18.8. The van der Waals surface area contributed by atoms with Crippen LogP contribution in [0.1, 0.15) is 22.4 Å². The third kappa shape index (κ3) is 3.19. The molecule has 0 bridgehead atoms. The Kier molecular flexibility index (Phi) is 4.53. The van der Waals surface area contributed by atoms with Crippen LogP contribution in [0.25, 0.3) is 5.69 Å². The number of para-hydroxylation sites is 1. The molecule has 26 heavy (non-hydrogen) atoms. The minimum atomic E-state index is -0.447. The first-order chi connectivity index (χ1) is 12.4. The topological polar surface area (TPSA) is 93.3 Å². The molecule has 0 unspecified atom stereocenters. The molecule has 0 saturated heterocycles. The Hall–Kier alpha value is -3.48. The number of non-ortho nitro benzene ring substituents is 1. The summed E-state index contributed by atoms with van der Waals surface area (Å²) >= 11 is 0.